The maximum atomic E-state index is 11.5. The maximum absolute atomic E-state index is 11.5. The van der Waals surface area contributed by atoms with Crippen LogP contribution in [-0.2, 0) is 0 Å². The predicted octanol–water partition coefficient (Wildman–Crippen LogP) is 3.37. The zero-order chi connectivity index (χ0) is 13.4. The van der Waals surface area contributed by atoms with Crippen LogP contribution in [0, 0.1) is 0 Å². The summed E-state index contributed by atoms with van der Waals surface area (Å²) in [6.45, 7) is 0.565. The van der Waals surface area contributed by atoms with Crippen LogP contribution in [0.5, 0.6) is 0 Å². The van der Waals surface area contributed by atoms with Gasteiger partial charge in [-0.3, -0.25) is 4.90 Å². The first-order valence-electron chi connectivity index (χ1n) is 6.08. The molecule has 0 radical (unpaired) electrons. The van der Waals surface area contributed by atoms with Gasteiger partial charge in [0, 0.05) is 23.2 Å². The second-order valence-electron chi connectivity index (χ2n) is 4.62. The van der Waals surface area contributed by atoms with Crippen LogP contribution in [0.3, 0.4) is 0 Å². The van der Waals surface area contributed by atoms with Crippen molar-refractivity contribution in [3.63, 3.8) is 0 Å². The van der Waals surface area contributed by atoms with Crippen LogP contribution in [0.15, 0.2) is 48.5 Å². The number of anilines is 1. The lowest BCUT2D eigenvalue weighted by atomic mass is 9.93. The molecule has 96 valence electrons. The number of nitrogens with two attached hydrogens (primary N) is 1. The Hall–Kier alpha value is -2.00. The number of primary amides is 1. The fraction of sp³-hybridized carbons (Fsp3) is 0.133. The third-order valence-electron chi connectivity index (χ3n) is 3.49. The van der Waals surface area contributed by atoms with Gasteiger partial charge in [-0.05, 0) is 29.3 Å². The molecule has 4 heteroatoms. The molecule has 0 aromatic heterocycles. The molecule has 2 aromatic rings. The monoisotopic (exact) mass is 272 g/mol. The first-order chi connectivity index (χ1) is 9.16. The highest BCUT2D eigenvalue weighted by atomic mass is 35.5. The lowest BCUT2D eigenvalue weighted by molar-refractivity contribution is 0.254. The van der Waals surface area contributed by atoms with Crippen LogP contribution in [0.2, 0.25) is 5.02 Å². The average molecular weight is 273 g/mol. The quantitative estimate of drug-likeness (QED) is 0.850. The summed E-state index contributed by atoms with van der Waals surface area (Å²) in [5.41, 5.74) is 8.51. The zero-order valence-electron chi connectivity index (χ0n) is 10.2. The van der Waals surface area contributed by atoms with Gasteiger partial charge in [-0.25, -0.2) is 4.79 Å². The van der Waals surface area contributed by atoms with Crippen LogP contribution < -0.4 is 10.6 Å². The molecule has 0 saturated carbocycles. The molecule has 1 unspecified atom stereocenters. The molecule has 0 saturated heterocycles. The van der Waals surface area contributed by atoms with Crippen LogP contribution >= 0.6 is 11.6 Å². The summed E-state index contributed by atoms with van der Waals surface area (Å²) < 4.78 is 0. The standard InChI is InChI=1S/C15H13ClN2O/c16-11-6-7-14-12(8-11)13(9-18(14)15(17)19)10-4-2-1-3-5-10/h1-8,13H,9H2,(H2,17,19). The van der Waals surface area contributed by atoms with E-state index in [1.54, 1.807) is 11.0 Å². The molecule has 2 N–H and O–H groups in total. The number of carbonyl (C=O) groups excluding carboxylic acids is 1. The van der Waals surface area contributed by atoms with Crippen molar-refractivity contribution in [1.82, 2.24) is 0 Å². The first kappa shape index (κ1) is 12.1. The van der Waals surface area contributed by atoms with Crippen molar-refractivity contribution in [2.24, 2.45) is 5.73 Å². The number of hydrogen-bond donors (Lipinski definition) is 1. The molecule has 19 heavy (non-hydrogen) atoms. The second kappa shape index (κ2) is 4.59. The molecule has 0 spiro atoms. The van der Waals surface area contributed by atoms with E-state index in [1.165, 1.54) is 0 Å². The zero-order valence-corrected chi connectivity index (χ0v) is 11.0. The number of rotatable bonds is 1. The topological polar surface area (TPSA) is 46.3 Å². The van der Waals surface area contributed by atoms with E-state index in [-0.39, 0.29) is 5.92 Å². The fourth-order valence-electron chi connectivity index (χ4n) is 2.61. The number of nitrogens with zero attached hydrogens (tertiary/aromatic N) is 1. The molecule has 1 heterocycles. The Kier molecular flexibility index (Phi) is 2.91. The van der Waals surface area contributed by atoms with Crippen molar-refractivity contribution in [1.29, 1.82) is 0 Å². The van der Waals surface area contributed by atoms with Crippen molar-refractivity contribution in [2.75, 3.05) is 11.4 Å². The minimum absolute atomic E-state index is 0.127. The van der Waals surface area contributed by atoms with E-state index in [2.05, 4.69) is 12.1 Å². The van der Waals surface area contributed by atoms with Gasteiger partial charge >= 0.3 is 6.03 Å². The van der Waals surface area contributed by atoms with Gasteiger partial charge in [0.25, 0.3) is 0 Å². The number of halogens is 1. The minimum Gasteiger partial charge on any atom is -0.351 e. The number of carbonyl (C=O) groups is 1. The van der Waals surface area contributed by atoms with Crippen LogP contribution in [0.1, 0.15) is 17.0 Å². The minimum atomic E-state index is -0.429. The van der Waals surface area contributed by atoms with E-state index in [0.29, 0.717) is 11.6 Å². The van der Waals surface area contributed by atoms with Gasteiger partial charge in [0.05, 0.1) is 0 Å². The highest BCUT2D eigenvalue weighted by Crippen LogP contribution is 2.41. The Morgan fingerprint density at radius 3 is 2.63 bits per heavy atom. The summed E-state index contributed by atoms with van der Waals surface area (Å²) in [6, 6.07) is 15.2. The van der Waals surface area contributed by atoms with Gasteiger partial charge in [0.1, 0.15) is 0 Å². The number of benzene rings is 2. The smallest absolute Gasteiger partial charge is 0.319 e. The van der Waals surface area contributed by atoms with Gasteiger partial charge in [-0.2, -0.15) is 0 Å². The summed E-state index contributed by atoms with van der Waals surface area (Å²) in [7, 11) is 0. The third-order valence-corrected chi connectivity index (χ3v) is 3.72. The molecule has 1 aliphatic heterocycles. The van der Waals surface area contributed by atoms with Crippen molar-refractivity contribution in [2.45, 2.75) is 5.92 Å². The molecule has 0 aliphatic carbocycles. The SMILES string of the molecule is NC(=O)N1CC(c2ccccc2)c2cc(Cl)ccc21. The van der Waals surface area contributed by atoms with Gasteiger partial charge in [-0.15, -0.1) is 0 Å². The Bertz CT molecular complexity index is 627. The number of hydrogen-bond acceptors (Lipinski definition) is 1. The maximum Gasteiger partial charge on any atom is 0.319 e. The summed E-state index contributed by atoms with van der Waals surface area (Å²) in [5, 5.41) is 0.672. The van der Waals surface area contributed by atoms with Crippen molar-refractivity contribution in [3.05, 3.63) is 64.7 Å². The summed E-state index contributed by atoms with van der Waals surface area (Å²) in [4.78, 5) is 13.1. The third kappa shape index (κ3) is 2.06. The van der Waals surface area contributed by atoms with E-state index in [1.807, 2.05) is 30.3 Å². The van der Waals surface area contributed by atoms with Crippen molar-refractivity contribution < 1.29 is 4.79 Å². The second-order valence-corrected chi connectivity index (χ2v) is 5.05. The van der Waals surface area contributed by atoms with Crippen LogP contribution in [-0.4, -0.2) is 12.6 Å². The summed E-state index contributed by atoms with van der Waals surface area (Å²) >= 11 is 6.07. The molecule has 2 aromatic carbocycles. The van der Waals surface area contributed by atoms with E-state index in [4.69, 9.17) is 17.3 Å². The Morgan fingerprint density at radius 2 is 1.95 bits per heavy atom. The number of amides is 2. The Balaban J connectivity index is 2.11. The lowest BCUT2D eigenvalue weighted by Crippen LogP contribution is -2.34. The average Bonchev–Trinajstić information content (AvgIpc) is 2.78. The highest BCUT2D eigenvalue weighted by Gasteiger charge is 2.32. The van der Waals surface area contributed by atoms with Gasteiger partial charge in [0.15, 0.2) is 0 Å². The molecule has 2 amide bonds. The van der Waals surface area contributed by atoms with Crippen molar-refractivity contribution in [3.8, 4) is 0 Å². The molecular formula is C15H13ClN2O. The van der Waals surface area contributed by atoms with Gasteiger partial charge in [-0.1, -0.05) is 41.9 Å². The predicted molar refractivity (Wildman–Crippen MR) is 76.7 cm³/mol. The molecule has 0 bridgehead atoms. The molecule has 1 aliphatic rings. The Morgan fingerprint density at radius 1 is 1.21 bits per heavy atom. The molecular weight excluding hydrogens is 260 g/mol. The molecule has 3 rings (SSSR count). The molecule has 1 atom stereocenters. The van der Waals surface area contributed by atoms with E-state index < -0.39 is 6.03 Å². The van der Waals surface area contributed by atoms with Gasteiger partial charge < -0.3 is 5.73 Å². The normalized spacial score (nSPS) is 17.3. The Labute approximate surface area is 116 Å². The van der Waals surface area contributed by atoms with Crippen LogP contribution in [0.4, 0.5) is 10.5 Å². The summed E-state index contributed by atoms with van der Waals surface area (Å²) in [5.74, 6) is 0.127. The molecule has 0 fully saturated rings. The number of fused-ring (bicyclic) bond motifs is 1. The van der Waals surface area contributed by atoms with E-state index in [9.17, 15) is 4.79 Å². The van der Waals surface area contributed by atoms with Gasteiger partial charge in [0.2, 0.25) is 0 Å². The summed E-state index contributed by atoms with van der Waals surface area (Å²) in [6.07, 6.45) is 0. The number of urea groups is 1. The largest absolute Gasteiger partial charge is 0.351 e. The fourth-order valence-corrected chi connectivity index (χ4v) is 2.79. The van der Waals surface area contributed by atoms with Crippen molar-refractivity contribution >= 4 is 23.3 Å². The lowest BCUT2D eigenvalue weighted by Gasteiger charge is -2.14. The van der Waals surface area contributed by atoms with E-state index in [0.717, 1.165) is 16.8 Å². The first-order valence-corrected chi connectivity index (χ1v) is 6.46. The highest BCUT2D eigenvalue weighted by molar-refractivity contribution is 6.30. The molecule has 3 nitrogen and oxygen atoms in total. The van der Waals surface area contributed by atoms with E-state index >= 15 is 0 Å². The van der Waals surface area contributed by atoms with Crippen LogP contribution in [0.25, 0.3) is 0 Å².